The third-order valence-electron chi connectivity index (χ3n) is 10.6. The Morgan fingerprint density at radius 1 is 0.340 bits per heavy atom. The SMILES string of the molecule is c1cc(-c2cccc3ccccc23)cc(N(c2ccc3oc4ccccc4c3c2)c2ccccc2-c2cccc3oc4c5ccccc5ccc4c23)c1. The summed E-state index contributed by atoms with van der Waals surface area (Å²) in [6.07, 6.45) is 0. The highest BCUT2D eigenvalue weighted by Crippen LogP contribution is 2.47. The number of hydrogen-bond donors (Lipinski definition) is 0. The van der Waals surface area contributed by atoms with E-state index in [-0.39, 0.29) is 0 Å². The standard InChI is InChI=1S/C50H31NO2/c1-3-17-37-32(12-1)14-10-21-38(37)34-15-9-16-35(30-34)51(36-27-29-47-44(31-36)41-20-6-8-24-46(41)52-47)45-23-7-5-19-40(45)42-22-11-25-48-49(42)43-28-26-33-13-2-4-18-39(33)50(43)53-48/h1-31H. The first-order chi connectivity index (χ1) is 26.3. The number of para-hydroxylation sites is 2. The van der Waals surface area contributed by atoms with Crippen molar-refractivity contribution in [1.29, 1.82) is 0 Å². The summed E-state index contributed by atoms with van der Waals surface area (Å²) in [7, 11) is 0. The minimum atomic E-state index is 0.870. The summed E-state index contributed by atoms with van der Waals surface area (Å²) in [5.41, 5.74) is 11.3. The van der Waals surface area contributed by atoms with Crippen molar-refractivity contribution in [2.24, 2.45) is 0 Å². The maximum atomic E-state index is 6.65. The Bertz CT molecular complexity index is 3200. The fourth-order valence-corrected chi connectivity index (χ4v) is 8.24. The Balaban J connectivity index is 1.17. The van der Waals surface area contributed by atoms with Crippen molar-refractivity contribution in [3.05, 3.63) is 188 Å². The zero-order valence-electron chi connectivity index (χ0n) is 28.7. The lowest BCUT2D eigenvalue weighted by atomic mass is 9.95. The molecule has 0 aliphatic rings. The zero-order chi connectivity index (χ0) is 34.9. The Morgan fingerprint density at radius 3 is 1.91 bits per heavy atom. The molecule has 0 unspecified atom stereocenters. The number of rotatable bonds is 5. The molecule has 0 saturated heterocycles. The molecule has 248 valence electrons. The molecule has 9 aromatic carbocycles. The van der Waals surface area contributed by atoms with Gasteiger partial charge in [0.1, 0.15) is 22.3 Å². The van der Waals surface area contributed by atoms with Crippen molar-refractivity contribution in [3.63, 3.8) is 0 Å². The molecule has 0 spiro atoms. The van der Waals surface area contributed by atoms with Gasteiger partial charge in [-0.2, -0.15) is 0 Å². The van der Waals surface area contributed by atoms with Crippen LogP contribution in [0.3, 0.4) is 0 Å². The molecule has 2 heterocycles. The van der Waals surface area contributed by atoms with Gasteiger partial charge in [0.15, 0.2) is 0 Å². The molecule has 0 aliphatic heterocycles. The van der Waals surface area contributed by atoms with E-state index in [4.69, 9.17) is 8.83 Å². The van der Waals surface area contributed by atoms with E-state index in [1.807, 2.05) is 12.1 Å². The van der Waals surface area contributed by atoms with Gasteiger partial charge >= 0.3 is 0 Å². The predicted molar refractivity (Wildman–Crippen MR) is 222 cm³/mol. The monoisotopic (exact) mass is 677 g/mol. The van der Waals surface area contributed by atoms with Gasteiger partial charge in [-0.15, -0.1) is 0 Å². The first-order valence-electron chi connectivity index (χ1n) is 18.0. The highest BCUT2D eigenvalue weighted by molar-refractivity contribution is 6.20. The Labute approximate surface area is 305 Å². The maximum Gasteiger partial charge on any atom is 0.143 e. The quantitative estimate of drug-likeness (QED) is 0.182. The highest BCUT2D eigenvalue weighted by atomic mass is 16.3. The van der Waals surface area contributed by atoms with E-state index >= 15 is 0 Å². The molecule has 53 heavy (non-hydrogen) atoms. The van der Waals surface area contributed by atoms with Crippen LogP contribution in [0.5, 0.6) is 0 Å². The largest absolute Gasteiger partial charge is 0.456 e. The smallest absolute Gasteiger partial charge is 0.143 e. The molecule has 3 nitrogen and oxygen atoms in total. The van der Waals surface area contributed by atoms with Gasteiger partial charge < -0.3 is 13.7 Å². The second kappa shape index (κ2) is 11.7. The summed E-state index contributed by atoms with van der Waals surface area (Å²) in [6.45, 7) is 0. The molecular weight excluding hydrogens is 647 g/mol. The molecule has 0 fully saturated rings. The fraction of sp³-hybridized carbons (Fsp3) is 0. The summed E-state index contributed by atoms with van der Waals surface area (Å²) >= 11 is 0. The predicted octanol–water partition coefficient (Wildman–Crippen LogP) is 14.6. The van der Waals surface area contributed by atoms with Crippen molar-refractivity contribution in [2.75, 3.05) is 4.90 Å². The molecule has 11 aromatic rings. The molecule has 0 radical (unpaired) electrons. The van der Waals surface area contributed by atoms with E-state index in [0.717, 1.165) is 83.0 Å². The van der Waals surface area contributed by atoms with Crippen LogP contribution >= 0.6 is 0 Å². The average Bonchev–Trinajstić information content (AvgIpc) is 3.80. The third kappa shape index (κ3) is 4.68. The zero-order valence-corrected chi connectivity index (χ0v) is 28.7. The summed E-state index contributed by atoms with van der Waals surface area (Å²) in [5, 5.41) is 9.15. The number of anilines is 3. The van der Waals surface area contributed by atoms with Crippen LogP contribution in [0.15, 0.2) is 197 Å². The average molecular weight is 678 g/mol. The van der Waals surface area contributed by atoms with Gasteiger partial charge in [0, 0.05) is 43.9 Å². The van der Waals surface area contributed by atoms with Crippen LogP contribution in [0, 0.1) is 0 Å². The summed E-state index contributed by atoms with van der Waals surface area (Å²) < 4.78 is 12.9. The maximum absolute atomic E-state index is 6.65. The van der Waals surface area contributed by atoms with Crippen molar-refractivity contribution < 1.29 is 8.83 Å². The lowest BCUT2D eigenvalue weighted by Gasteiger charge is -2.28. The molecule has 2 aromatic heterocycles. The first-order valence-corrected chi connectivity index (χ1v) is 18.0. The molecule has 0 amide bonds. The highest BCUT2D eigenvalue weighted by Gasteiger charge is 2.22. The van der Waals surface area contributed by atoms with Gasteiger partial charge in [0.05, 0.1) is 5.69 Å². The van der Waals surface area contributed by atoms with Gasteiger partial charge in [0.2, 0.25) is 0 Å². The molecular formula is C50H31NO2. The lowest BCUT2D eigenvalue weighted by molar-refractivity contribution is 0.669. The topological polar surface area (TPSA) is 29.5 Å². The minimum absolute atomic E-state index is 0.870. The van der Waals surface area contributed by atoms with Gasteiger partial charge in [-0.3, -0.25) is 0 Å². The third-order valence-corrected chi connectivity index (χ3v) is 10.6. The van der Waals surface area contributed by atoms with Crippen molar-refractivity contribution in [3.8, 4) is 22.3 Å². The number of hydrogen-bond acceptors (Lipinski definition) is 3. The van der Waals surface area contributed by atoms with Gasteiger partial charge in [-0.05, 0) is 87.4 Å². The van der Waals surface area contributed by atoms with Crippen LogP contribution < -0.4 is 4.90 Å². The molecule has 0 N–H and O–H groups in total. The van der Waals surface area contributed by atoms with Crippen LogP contribution in [0.4, 0.5) is 17.1 Å². The molecule has 0 bridgehead atoms. The summed E-state index contributed by atoms with van der Waals surface area (Å²) in [6, 6.07) is 66.9. The Hall–Kier alpha value is -7.10. The van der Waals surface area contributed by atoms with Crippen LogP contribution in [0.1, 0.15) is 0 Å². The summed E-state index contributed by atoms with van der Waals surface area (Å²) in [4.78, 5) is 2.39. The Kier molecular flexibility index (Phi) is 6.55. The van der Waals surface area contributed by atoms with E-state index in [2.05, 4.69) is 181 Å². The van der Waals surface area contributed by atoms with E-state index < -0.39 is 0 Å². The van der Waals surface area contributed by atoms with E-state index in [1.54, 1.807) is 0 Å². The number of nitrogens with zero attached hydrogens (tertiary/aromatic N) is 1. The molecule has 0 atom stereocenters. The van der Waals surface area contributed by atoms with E-state index in [0.29, 0.717) is 0 Å². The van der Waals surface area contributed by atoms with E-state index in [9.17, 15) is 0 Å². The summed E-state index contributed by atoms with van der Waals surface area (Å²) in [5.74, 6) is 0. The molecule has 3 heteroatoms. The molecule has 0 aliphatic carbocycles. The van der Waals surface area contributed by atoms with Crippen LogP contribution in [0.2, 0.25) is 0 Å². The first kappa shape index (κ1) is 29.6. The molecule has 0 saturated carbocycles. The van der Waals surface area contributed by atoms with Crippen LogP contribution in [-0.2, 0) is 0 Å². The van der Waals surface area contributed by atoms with Crippen LogP contribution in [-0.4, -0.2) is 0 Å². The second-order valence-electron chi connectivity index (χ2n) is 13.7. The van der Waals surface area contributed by atoms with Crippen LogP contribution in [0.25, 0.3) is 87.7 Å². The van der Waals surface area contributed by atoms with Crippen molar-refractivity contribution in [1.82, 2.24) is 0 Å². The van der Waals surface area contributed by atoms with Crippen molar-refractivity contribution in [2.45, 2.75) is 0 Å². The Morgan fingerprint density at radius 2 is 0.981 bits per heavy atom. The fourth-order valence-electron chi connectivity index (χ4n) is 8.24. The number of benzene rings is 9. The lowest BCUT2D eigenvalue weighted by Crippen LogP contribution is -2.11. The van der Waals surface area contributed by atoms with Gasteiger partial charge in [-0.25, -0.2) is 0 Å². The minimum Gasteiger partial charge on any atom is -0.456 e. The number of furan rings is 2. The van der Waals surface area contributed by atoms with Gasteiger partial charge in [0.25, 0.3) is 0 Å². The van der Waals surface area contributed by atoms with Crippen molar-refractivity contribution >= 4 is 82.5 Å². The normalized spacial score (nSPS) is 11.8. The van der Waals surface area contributed by atoms with E-state index in [1.165, 1.54) is 21.7 Å². The van der Waals surface area contributed by atoms with Gasteiger partial charge in [-0.1, -0.05) is 133 Å². The second-order valence-corrected chi connectivity index (χ2v) is 13.7. The number of fused-ring (bicyclic) bond motifs is 9. The molecule has 11 rings (SSSR count).